The summed E-state index contributed by atoms with van der Waals surface area (Å²) >= 11 is 0. The predicted octanol–water partition coefficient (Wildman–Crippen LogP) is 2.83. The molecule has 16 heavy (non-hydrogen) atoms. The highest BCUT2D eigenvalue weighted by Gasteiger charge is 2.35. The van der Waals surface area contributed by atoms with Gasteiger partial charge in [-0.15, -0.1) is 0 Å². The summed E-state index contributed by atoms with van der Waals surface area (Å²) in [6, 6.07) is 0. The van der Waals surface area contributed by atoms with Crippen molar-refractivity contribution in [2.24, 2.45) is 23.7 Å². The van der Waals surface area contributed by atoms with Gasteiger partial charge in [0.15, 0.2) is 0 Å². The zero-order valence-corrected chi connectivity index (χ0v) is 11.2. The Kier molecular flexibility index (Phi) is 5.26. The molecule has 1 aliphatic carbocycles. The zero-order valence-electron chi connectivity index (χ0n) is 11.2. The van der Waals surface area contributed by atoms with Crippen molar-refractivity contribution in [2.75, 3.05) is 0 Å². The lowest BCUT2D eigenvalue weighted by atomic mass is 9.72. The number of aliphatic hydroxyl groups excluding tert-OH is 2. The lowest BCUT2D eigenvalue weighted by molar-refractivity contribution is -0.0437. The van der Waals surface area contributed by atoms with Gasteiger partial charge in [-0.3, -0.25) is 0 Å². The van der Waals surface area contributed by atoms with Crippen LogP contribution in [-0.2, 0) is 0 Å². The summed E-state index contributed by atoms with van der Waals surface area (Å²) in [6.45, 7) is 8.72. The molecule has 1 saturated carbocycles. The van der Waals surface area contributed by atoms with E-state index in [9.17, 15) is 10.2 Å². The molecule has 0 heterocycles. The molecule has 4 atom stereocenters. The molecular weight excluding hydrogens is 200 g/mol. The Morgan fingerprint density at radius 2 is 1.12 bits per heavy atom. The Balaban J connectivity index is 2.49. The van der Waals surface area contributed by atoms with Crippen LogP contribution in [0.4, 0.5) is 0 Å². The van der Waals surface area contributed by atoms with Crippen LogP contribution in [0.1, 0.15) is 53.4 Å². The summed E-state index contributed by atoms with van der Waals surface area (Å²) in [6.07, 6.45) is 3.25. The molecule has 0 aromatic heterocycles. The summed E-state index contributed by atoms with van der Waals surface area (Å²) in [5, 5.41) is 20.2. The minimum absolute atomic E-state index is 0.199. The molecule has 1 fully saturated rings. The highest BCUT2D eigenvalue weighted by molar-refractivity contribution is 4.86. The summed E-state index contributed by atoms with van der Waals surface area (Å²) < 4.78 is 0. The monoisotopic (exact) mass is 228 g/mol. The van der Waals surface area contributed by atoms with Crippen LogP contribution in [0.15, 0.2) is 0 Å². The van der Waals surface area contributed by atoms with Crippen LogP contribution in [0, 0.1) is 23.7 Å². The predicted molar refractivity (Wildman–Crippen MR) is 67.1 cm³/mol. The molecule has 0 spiro atoms. The second-order valence-corrected chi connectivity index (χ2v) is 6.39. The van der Waals surface area contributed by atoms with Gasteiger partial charge in [0.2, 0.25) is 0 Å². The van der Waals surface area contributed by atoms with Crippen LogP contribution in [0.3, 0.4) is 0 Å². The first-order valence-electron chi connectivity index (χ1n) is 6.76. The third kappa shape index (κ3) is 4.06. The molecule has 0 radical (unpaired) electrons. The normalized spacial score (nSPS) is 36.0. The number of hydrogen-bond donors (Lipinski definition) is 2. The SMILES string of the molecule is CC(C)CC1CC(O)C(CC(C)C)CC1O. The lowest BCUT2D eigenvalue weighted by Gasteiger charge is -2.38. The first-order chi connectivity index (χ1) is 7.40. The van der Waals surface area contributed by atoms with Crippen molar-refractivity contribution < 1.29 is 10.2 Å². The van der Waals surface area contributed by atoms with Gasteiger partial charge in [0.05, 0.1) is 12.2 Å². The van der Waals surface area contributed by atoms with E-state index in [1.807, 2.05) is 0 Å². The molecule has 0 aromatic carbocycles. The minimum Gasteiger partial charge on any atom is -0.393 e. The van der Waals surface area contributed by atoms with Crippen LogP contribution in [0.25, 0.3) is 0 Å². The quantitative estimate of drug-likeness (QED) is 0.777. The third-order valence-electron chi connectivity index (χ3n) is 3.73. The number of aliphatic hydroxyl groups is 2. The summed E-state index contributed by atoms with van der Waals surface area (Å²) in [7, 11) is 0. The smallest absolute Gasteiger partial charge is 0.0573 e. The van der Waals surface area contributed by atoms with Crippen LogP contribution in [-0.4, -0.2) is 22.4 Å². The molecule has 2 nitrogen and oxygen atoms in total. The van der Waals surface area contributed by atoms with E-state index in [2.05, 4.69) is 27.7 Å². The summed E-state index contributed by atoms with van der Waals surface area (Å²) in [5.41, 5.74) is 0. The molecule has 0 amide bonds. The molecular formula is C14H28O2. The van der Waals surface area contributed by atoms with E-state index in [1.165, 1.54) is 0 Å². The van der Waals surface area contributed by atoms with Crippen LogP contribution >= 0.6 is 0 Å². The van der Waals surface area contributed by atoms with Crippen molar-refractivity contribution in [3.05, 3.63) is 0 Å². The van der Waals surface area contributed by atoms with E-state index in [-0.39, 0.29) is 12.2 Å². The van der Waals surface area contributed by atoms with Gasteiger partial charge in [-0.1, -0.05) is 27.7 Å². The van der Waals surface area contributed by atoms with Gasteiger partial charge in [0.1, 0.15) is 0 Å². The first kappa shape index (κ1) is 14.0. The Morgan fingerprint density at radius 1 is 0.812 bits per heavy atom. The molecule has 4 unspecified atom stereocenters. The van der Waals surface area contributed by atoms with Crippen molar-refractivity contribution >= 4 is 0 Å². The fourth-order valence-electron chi connectivity index (χ4n) is 3.04. The first-order valence-corrected chi connectivity index (χ1v) is 6.76. The standard InChI is InChI=1S/C14H28O2/c1-9(2)5-11-7-14(16)12(6-10(3)4)8-13(11)15/h9-16H,5-8H2,1-4H3. The molecule has 1 aliphatic rings. The van der Waals surface area contributed by atoms with Crippen molar-refractivity contribution in [3.63, 3.8) is 0 Å². The maximum absolute atomic E-state index is 10.1. The third-order valence-corrected chi connectivity index (χ3v) is 3.73. The van der Waals surface area contributed by atoms with Crippen LogP contribution < -0.4 is 0 Å². The fraction of sp³-hybridized carbons (Fsp3) is 1.00. The molecule has 0 bridgehead atoms. The average Bonchev–Trinajstić information content (AvgIpc) is 2.11. The molecule has 2 N–H and O–H groups in total. The van der Waals surface area contributed by atoms with E-state index in [1.54, 1.807) is 0 Å². The topological polar surface area (TPSA) is 40.5 Å². The largest absolute Gasteiger partial charge is 0.393 e. The van der Waals surface area contributed by atoms with Crippen LogP contribution in [0.5, 0.6) is 0 Å². The van der Waals surface area contributed by atoms with Crippen molar-refractivity contribution in [2.45, 2.75) is 65.6 Å². The van der Waals surface area contributed by atoms with Gasteiger partial charge in [0, 0.05) is 0 Å². The maximum atomic E-state index is 10.1. The maximum Gasteiger partial charge on any atom is 0.0573 e. The molecule has 2 heteroatoms. The number of rotatable bonds is 4. The second-order valence-electron chi connectivity index (χ2n) is 6.39. The van der Waals surface area contributed by atoms with Gasteiger partial charge in [-0.25, -0.2) is 0 Å². The summed E-state index contributed by atoms with van der Waals surface area (Å²) in [5.74, 6) is 1.82. The van der Waals surface area contributed by atoms with E-state index in [0.717, 1.165) is 25.7 Å². The van der Waals surface area contributed by atoms with Gasteiger partial charge < -0.3 is 10.2 Å². The van der Waals surface area contributed by atoms with Gasteiger partial charge >= 0.3 is 0 Å². The molecule has 96 valence electrons. The molecule has 0 aliphatic heterocycles. The van der Waals surface area contributed by atoms with E-state index < -0.39 is 0 Å². The molecule has 1 rings (SSSR count). The van der Waals surface area contributed by atoms with Gasteiger partial charge in [-0.2, -0.15) is 0 Å². The Morgan fingerprint density at radius 3 is 1.38 bits per heavy atom. The van der Waals surface area contributed by atoms with Crippen LogP contribution in [0.2, 0.25) is 0 Å². The highest BCUT2D eigenvalue weighted by Crippen LogP contribution is 2.36. The van der Waals surface area contributed by atoms with Crippen molar-refractivity contribution in [3.8, 4) is 0 Å². The van der Waals surface area contributed by atoms with Gasteiger partial charge in [-0.05, 0) is 49.4 Å². The highest BCUT2D eigenvalue weighted by atomic mass is 16.3. The van der Waals surface area contributed by atoms with Crippen molar-refractivity contribution in [1.29, 1.82) is 0 Å². The fourth-order valence-corrected chi connectivity index (χ4v) is 3.04. The molecule has 0 saturated heterocycles. The van der Waals surface area contributed by atoms with Crippen molar-refractivity contribution in [1.82, 2.24) is 0 Å². The average molecular weight is 228 g/mol. The van der Waals surface area contributed by atoms with E-state index >= 15 is 0 Å². The Bertz CT molecular complexity index is 179. The van der Waals surface area contributed by atoms with Gasteiger partial charge in [0.25, 0.3) is 0 Å². The second kappa shape index (κ2) is 6.02. The van der Waals surface area contributed by atoms with E-state index in [0.29, 0.717) is 23.7 Å². The summed E-state index contributed by atoms with van der Waals surface area (Å²) in [4.78, 5) is 0. The van der Waals surface area contributed by atoms with E-state index in [4.69, 9.17) is 0 Å². The lowest BCUT2D eigenvalue weighted by Crippen LogP contribution is -2.39. The zero-order chi connectivity index (χ0) is 12.3. The molecule has 0 aromatic rings. The Labute approximate surface area is 100 Å². The minimum atomic E-state index is -0.199. The Hall–Kier alpha value is -0.0800. The number of hydrogen-bond acceptors (Lipinski definition) is 2.